The van der Waals surface area contributed by atoms with Gasteiger partial charge in [0.05, 0.1) is 31.7 Å². The number of nitrogens with zero attached hydrogens (tertiary/aromatic N) is 11. The van der Waals surface area contributed by atoms with E-state index in [1.54, 1.807) is 53.2 Å². The van der Waals surface area contributed by atoms with Crippen LogP contribution in [0.15, 0.2) is 87.6 Å². The highest BCUT2D eigenvalue weighted by Crippen LogP contribution is 2.31. The number of pyridine rings is 2. The van der Waals surface area contributed by atoms with E-state index < -0.39 is 0 Å². The topological polar surface area (TPSA) is 150 Å². The molecule has 0 spiro atoms. The number of amides is 2. The number of imidazole rings is 2. The standard InChI is InChI=1S/C21H25BrN6O2.C14H11Br2N5O/c1-15(30)27(13-16-5-4-8-23-11-16)21-20-24-12-18(22)28(20)14-19(25-21)26-9-3-2-6-17(26)7-10-29;1-9(22)20(7-10-3-2-4-17-5-10)14-13-18-6-12(16)21(13)8-11(15)19-14/h4-5,8,11-12,14,17,29H,2-3,6-7,9-10,13H2,1H3;2-6,8H,7H2,1H3. The van der Waals surface area contributed by atoms with Crippen LogP contribution in [0.25, 0.3) is 11.3 Å². The van der Waals surface area contributed by atoms with E-state index in [4.69, 9.17) is 4.98 Å². The van der Waals surface area contributed by atoms with Gasteiger partial charge < -0.3 is 10.0 Å². The van der Waals surface area contributed by atoms with Crippen molar-refractivity contribution in [2.45, 2.75) is 58.7 Å². The number of carbonyl (C=O) groups is 2. The predicted octanol–water partition coefficient (Wildman–Crippen LogP) is 6.38. The van der Waals surface area contributed by atoms with Crippen molar-refractivity contribution in [3.8, 4) is 0 Å². The Morgan fingerprint density at radius 2 is 1.37 bits per heavy atom. The average Bonchev–Trinajstić information content (AvgIpc) is 3.71. The normalized spacial score (nSPS) is 14.3. The number of rotatable bonds is 9. The average molecular weight is 898 g/mol. The van der Waals surface area contributed by atoms with Crippen molar-refractivity contribution < 1.29 is 14.7 Å². The zero-order chi connectivity index (χ0) is 36.8. The van der Waals surface area contributed by atoms with E-state index in [2.05, 4.69) is 77.6 Å². The molecule has 7 rings (SSSR count). The van der Waals surface area contributed by atoms with Crippen LogP contribution in [0.5, 0.6) is 0 Å². The third kappa shape index (κ3) is 8.48. The molecule has 1 aliphatic heterocycles. The molecule has 17 heteroatoms. The maximum Gasteiger partial charge on any atom is 0.225 e. The van der Waals surface area contributed by atoms with Gasteiger partial charge in [0.25, 0.3) is 0 Å². The van der Waals surface area contributed by atoms with Crippen LogP contribution in [0.1, 0.15) is 50.7 Å². The summed E-state index contributed by atoms with van der Waals surface area (Å²) in [5.41, 5.74) is 3.05. The summed E-state index contributed by atoms with van der Waals surface area (Å²) in [5, 5.41) is 9.52. The third-order valence-electron chi connectivity index (χ3n) is 8.60. The molecule has 0 aromatic carbocycles. The molecule has 1 atom stereocenters. The van der Waals surface area contributed by atoms with Crippen LogP contribution in [0, 0.1) is 0 Å². The van der Waals surface area contributed by atoms with E-state index in [0.717, 1.165) is 52.0 Å². The van der Waals surface area contributed by atoms with Crippen molar-refractivity contribution in [1.29, 1.82) is 0 Å². The molecule has 1 N–H and O–H groups in total. The molecule has 7 heterocycles. The lowest BCUT2D eigenvalue weighted by molar-refractivity contribution is -0.117. The second kappa shape index (κ2) is 17.0. The third-order valence-corrected chi connectivity index (χ3v) is 10.2. The van der Waals surface area contributed by atoms with E-state index in [1.165, 1.54) is 13.8 Å². The number of halogens is 3. The Labute approximate surface area is 325 Å². The van der Waals surface area contributed by atoms with Crippen molar-refractivity contribution in [3.63, 3.8) is 0 Å². The molecule has 0 bridgehead atoms. The Hall–Kier alpha value is -4.32. The van der Waals surface area contributed by atoms with E-state index in [9.17, 15) is 14.7 Å². The predicted molar refractivity (Wildman–Crippen MR) is 208 cm³/mol. The minimum Gasteiger partial charge on any atom is -0.396 e. The minimum atomic E-state index is -0.116. The summed E-state index contributed by atoms with van der Waals surface area (Å²) < 4.78 is 5.94. The number of aliphatic hydroxyl groups excluding tert-OH is 1. The molecule has 0 saturated carbocycles. The van der Waals surface area contributed by atoms with E-state index in [1.807, 2.05) is 39.3 Å². The van der Waals surface area contributed by atoms with Gasteiger partial charge in [0.2, 0.25) is 11.8 Å². The molecular weight excluding hydrogens is 862 g/mol. The Kier molecular flexibility index (Phi) is 12.2. The lowest BCUT2D eigenvalue weighted by atomic mass is 10.00. The highest BCUT2D eigenvalue weighted by molar-refractivity contribution is 9.11. The Morgan fingerprint density at radius 1 is 0.808 bits per heavy atom. The highest BCUT2D eigenvalue weighted by Gasteiger charge is 2.27. The largest absolute Gasteiger partial charge is 0.396 e. The van der Waals surface area contributed by atoms with Crippen LogP contribution in [-0.4, -0.2) is 74.8 Å². The molecule has 270 valence electrons. The molecule has 1 unspecified atom stereocenters. The summed E-state index contributed by atoms with van der Waals surface area (Å²) >= 11 is 10.4. The molecule has 52 heavy (non-hydrogen) atoms. The monoisotopic (exact) mass is 895 g/mol. The zero-order valence-corrected chi connectivity index (χ0v) is 33.2. The number of hydrogen-bond donors (Lipinski definition) is 1. The second-order valence-corrected chi connectivity index (χ2v) is 14.6. The molecule has 1 aliphatic rings. The Balaban J connectivity index is 0.000000187. The summed E-state index contributed by atoms with van der Waals surface area (Å²) in [7, 11) is 0. The molecule has 0 radical (unpaired) electrons. The SMILES string of the molecule is CC(=O)N(Cc1cccnc1)c1nc(Br)cn2c(Br)cnc12.CC(=O)N(Cc1cccnc1)c1nc(N2CCCCC2CCO)cn2c(Br)cnc12. The van der Waals surface area contributed by atoms with Crippen molar-refractivity contribution >= 4 is 88.4 Å². The summed E-state index contributed by atoms with van der Waals surface area (Å²) in [6.45, 7) is 4.80. The minimum absolute atomic E-state index is 0.115. The first kappa shape index (κ1) is 37.4. The molecule has 6 aromatic rings. The summed E-state index contributed by atoms with van der Waals surface area (Å²) in [6, 6.07) is 7.77. The van der Waals surface area contributed by atoms with Crippen LogP contribution in [0.4, 0.5) is 17.5 Å². The van der Waals surface area contributed by atoms with Crippen molar-refractivity contribution in [3.05, 3.63) is 98.8 Å². The van der Waals surface area contributed by atoms with Gasteiger partial charge in [-0.2, -0.15) is 0 Å². The molecule has 1 fully saturated rings. The first-order chi connectivity index (χ1) is 25.1. The molecular formula is C35H36Br3N11O3. The highest BCUT2D eigenvalue weighted by atomic mass is 79.9. The van der Waals surface area contributed by atoms with Gasteiger partial charge in [0.15, 0.2) is 22.9 Å². The summed E-state index contributed by atoms with van der Waals surface area (Å²) in [5.74, 6) is 1.57. The van der Waals surface area contributed by atoms with Gasteiger partial charge in [-0.25, -0.2) is 19.9 Å². The van der Waals surface area contributed by atoms with E-state index in [-0.39, 0.29) is 24.5 Å². The number of hydrogen-bond acceptors (Lipinski definition) is 10. The van der Waals surface area contributed by atoms with Gasteiger partial charge in [-0.05, 0) is 96.7 Å². The first-order valence-electron chi connectivity index (χ1n) is 16.6. The number of fused-ring (bicyclic) bond motifs is 2. The smallest absolute Gasteiger partial charge is 0.225 e. The van der Waals surface area contributed by atoms with Gasteiger partial charge >= 0.3 is 0 Å². The lowest BCUT2D eigenvalue weighted by Crippen LogP contribution is -2.41. The Morgan fingerprint density at radius 3 is 1.88 bits per heavy atom. The van der Waals surface area contributed by atoms with E-state index in [0.29, 0.717) is 47.0 Å². The Bertz CT molecular complexity index is 2160. The van der Waals surface area contributed by atoms with Gasteiger partial charge in [-0.15, -0.1) is 0 Å². The van der Waals surface area contributed by atoms with Gasteiger partial charge in [-0.3, -0.25) is 38.2 Å². The summed E-state index contributed by atoms with van der Waals surface area (Å²) in [6.07, 6.45) is 18.0. The van der Waals surface area contributed by atoms with Crippen molar-refractivity contribution in [2.75, 3.05) is 27.9 Å². The number of aliphatic hydroxyl groups is 1. The molecule has 6 aromatic heterocycles. The van der Waals surface area contributed by atoms with Crippen LogP contribution in [-0.2, 0) is 22.7 Å². The molecule has 0 aliphatic carbocycles. The zero-order valence-electron chi connectivity index (χ0n) is 28.5. The lowest BCUT2D eigenvalue weighted by Gasteiger charge is -2.37. The fourth-order valence-electron chi connectivity index (χ4n) is 6.12. The van der Waals surface area contributed by atoms with Gasteiger partial charge in [0, 0.05) is 64.0 Å². The first-order valence-corrected chi connectivity index (χ1v) is 19.0. The van der Waals surface area contributed by atoms with Crippen LogP contribution >= 0.6 is 47.8 Å². The number of piperidine rings is 1. The van der Waals surface area contributed by atoms with Crippen LogP contribution in [0.2, 0.25) is 0 Å². The number of carbonyl (C=O) groups excluding carboxylic acids is 2. The van der Waals surface area contributed by atoms with E-state index >= 15 is 0 Å². The van der Waals surface area contributed by atoms with Gasteiger partial charge in [0.1, 0.15) is 19.6 Å². The number of anilines is 3. The van der Waals surface area contributed by atoms with Crippen molar-refractivity contribution in [2.24, 2.45) is 0 Å². The second-order valence-electron chi connectivity index (χ2n) is 12.1. The molecule has 14 nitrogen and oxygen atoms in total. The maximum absolute atomic E-state index is 12.6. The molecule has 2 amide bonds. The maximum atomic E-state index is 12.6. The van der Waals surface area contributed by atoms with Crippen LogP contribution in [0.3, 0.4) is 0 Å². The molecule has 1 saturated heterocycles. The van der Waals surface area contributed by atoms with Gasteiger partial charge in [-0.1, -0.05) is 12.1 Å². The number of aromatic nitrogens is 8. The summed E-state index contributed by atoms with van der Waals surface area (Å²) in [4.78, 5) is 56.6. The fraction of sp³-hybridized carbons (Fsp3) is 0.314. The van der Waals surface area contributed by atoms with Crippen LogP contribution < -0.4 is 14.7 Å². The fourth-order valence-corrected chi connectivity index (χ4v) is 7.24. The quantitative estimate of drug-likeness (QED) is 0.173. The van der Waals surface area contributed by atoms with Crippen molar-refractivity contribution in [1.82, 2.24) is 38.7 Å².